The molecule has 0 spiro atoms. The van der Waals surface area contributed by atoms with E-state index in [9.17, 15) is 9.59 Å². The van der Waals surface area contributed by atoms with E-state index in [1.54, 1.807) is 59.7 Å². The van der Waals surface area contributed by atoms with Gasteiger partial charge in [-0.15, -0.1) is 0 Å². The largest absolute Gasteiger partial charge is 0.508 e. The molecule has 0 aromatic heterocycles. The molecule has 6 aliphatic carbocycles. The van der Waals surface area contributed by atoms with Gasteiger partial charge in [0.1, 0.15) is 45.6 Å². The third-order valence-electron chi connectivity index (χ3n) is 26.4. The highest BCUT2D eigenvalue weighted by molar-refractivity contribution is 5.77. The molecule has 0 saturated heterocycles. The van der Waals surface area contributed by atoms with E-state index in [-0.39, 0.29) is 39.6 Å². The van der Waals surface area contributed by atoms with Crippen molar-refractivity contribution in [2.45, 2.75) is 360 Å². The summed E-state index contributed by atoms with van der Waals surface area (Å²) >= 11 is 0. The molecule has 0 amide bonds. The van der Waals surface area contributed by atoms with E-state index in [2.05, 4.69) is 217 Å². The van der Waals surface area contributed by atoms with Gasteiger partial charge in [0.05, 0.1) is 10.8 Å². The molecule has 5 fully saturated rings. The molecule has 638 valence electrons. The molecule has 9 heteroatoms. The van der Waals surface area contributed by atoms with Gasteiger partial charge < -0.3 is 34.6 Å². The van der Waals surface area contributed by atoms with Crippen molar-refractivity contribution in [2.75, 3.05) is 0 Å². The molecule has 0 aliphatic heterocycles. The molecule has 9 nitrogen and oxygen atoms in total. The minimum absolute atomic E-state index is 0.0197. The van der Waals surface area contributed by atoms with Crippen LogP contribution in [0.25, 0.3) is 0 Å². The van der Waals surface area contributed by atoms with Crippen LogP contribution in [-0.4, -0.2) is 49.2 Å². The van der Waals surface area contributed by atoms with Gasteiger partial charge in [-0.25, -0.2) is 0 Å². The number of benzene rings is 7. The molecule has 115 heavy (non-hydrogen) atoms. The minimum atomic E-state index is -0.336. The molecule has 6 aliphatic rings. The number of carbonyl (C=O) groups excluding carboxylic acids is 2. The Kier molecular flexibility index (Phi) is 42.5. The van der Waals surface area contributed by atoms with Crippen molar-refractivity contribution >= 4 is 11.9 Å². The van der Waals surface area contributed by atoms with Gasteiger partial charge in [-0.2, -0.15) is 0 Å². The lowest BCUT2D eigenvalue weighted by atomic mass is 9.49. The average Bonchev–Trinajstić information content (AvgIpc) is 1.18. The van der Waals surface area contributed by atoms with Crippen LogP contribution in [0.2, 0.25) is 0 Å². The first-order valence-electron chi connectivity index (χ1n) is 44.9. The van der Waals surface area contributed by atoms with E-state index < -0.39 is 0 Å². The SMILES string of the molecule is CC1Cc2ccccc2C1C.CCC(C)(C)C(=O)OC1(CC)C2CC3CC(C2)CC1C3.CCC(C)c1ccc(O)cc1.CCC(C)c1ccc(O)cc1.CCC(C)c1ccc(O)cc1.CCC(C)c1ccc(O)cc1.CCC(C)c1ccc(OC(C)(C)C)cc1.CCC(C)c1ccccc1.CCC1(OC(=O)C(C)(C)CC)CCCC1. The van der Waals surface area contributed by atoms with Gasteiger partial charge in [-0.05, 0) is 353 Å². The second kappa shape index (κ2) is 49.0. The van der Waals surface area contributed by atoms with Crippen LogP contribution in [-0.2, 0) is 25.5 Å². The Labute approximate surface area is 701 Å². The van der Waals surface area contributed by atoms with E-state index in [4.69, 9.17) is 34.6 Å². The van der Waals surface area contributed by atoms with Crippen molar-refractivity contribution in [2.24, 2.45) is 40.4 Å². The fourth-order valence-electron chi connectivity index (χ4n) is 15.9. The molecule has 8 atom stereocenters. The van der Waals surface area contributed by atoms with Crippen molar-refractivity contribution in [1.29, 1.82) is 0 Å². The molecule has 0 radical (unpaired) electrons. The zero-order chi connectivity index (χ0) is 85.9. The lowest BCUT2D eigenvalue weighted by molar-refractivity contribution is -0.218. The highest BCUT2D eigenvalue weighted by atomic mass is 16.6. The Bertz CT molecular complexity index is 3550. The van der Waals surface area contributed by atoms with Crippen molar-refractivity contribution < 1.29 is 44.2 Å². The van der Waals surface area contributed by atoms with Crippen LogP contribution in [0.5, 0.6) is 28.7 Å². The number of rotatable bonds is 21. The third kappa shape index (κ3) is 32.4. The minimum Gasteiger partial charge on any atom is -0.508 e. The van der Waals surface area contributed by atoms with E-state index in [1.807, 2.05) is 83.1 Å². The fraction of sp³-hybridized carbons (Fsp3) is 0.585. The number of hydrogen-bond acceptors (Lipinski definition) is 9. The Balaban J connectivity index is 0.000000275. The first-order chi connectivity index (χ1) is 54.4. The summed E-state index contributed by atoms with van der Waals surface area (Å²) < 4.78 is 17.8. The molecule has 5 saturated carbocycles. The maximum absolute atomic E-state index is 12.6. The highest BCUT2D eigenvalue weighted by Gasteiger charge is 2.59. The van der Waals surface area contributed by atoms with Crippen LogP contribution in [0.15, 0.2) is 176 Å². The second-order valence-electron chi connectivity index (χ2n) is 36.7. The van der Waals surface area contributed by atoms with Crippen LogP contribution in [0, 0.1) is 40.4 Å². The summed E-state index contributed by atoms with van der Waals surface area (Å²) in [7, 11) is 0. The zero-order valence-corrected chi connectivity index (χ0v) is 76.6. The number of carbonyl (C=O) groups is 2. The summed E-state index contributed by atoms with van der Waals surface area (Å²) in [6.07, 6.45) is 23.1. The quantitative estimate of drug-likeness (QED) is 0.0517. The Morgan fingerprint density at radius 2 is 0.696 bits per heavy atom. The highest BCUT2D eigenvalue weighted by Crippen LogP contribution is 2.61. The summed E-state index contributed by atoms with van der Waals surface area (Å²) in [6.45, 7) is 53.7. The van der Waals surface area contributed by atoms with Crippen LogP contribution in [0.4, 0.5) is 0 Å². The first kappa shape index (κ1) is 99.8. The number of hydrogen-bond donors (Lipinski definition) is 4. The number of aromatic hydroxyl groups is 4. The predicted molar refractivity (Wildman–Crippen MR) is 488 cm³/mol. The summed E-state index contributed by atoms with van der Waals surface area (Å²) in [6, 6.07) is 57.6. The maximum atomic E-state index is 12.6. The van der Waals surface area contributed by atoms with Gasteiger partial charge in [0.15, 0.2) is 0 Å². The van der Waals surface area contributed by atoms with Crippen LogP contribution in [0.1, 0.15) is 381 Å². The zero-order valence-electron chi connectivity index (χ0n) is 76.6. The van der Waals surface area contributed by atoms with Crippen LogP contribution in [0.3, 0.4) is 0 Å². The van der Waals surface area contributed by atoms with Gasteiger partial charge in [-0.1, -0.05) is 240 Å². The van der Waals surface area contributed by atoms with Gasteiger partial charge in [0, 0.05) is 0 Å². The standard InChI is InChI=1S/C18H30O2.C14H22O.C13H24O2.C11H14.4C10H14O.C10H14/c1-5-17(3,4)16(19)20-18(6-2)14-8-12-7-13(10-14)11-15(18)9-12;1-6-11(2)12-7-9-13(10-8-12)15-14(3,4)5;1-5-12(3,4)11(14)15-13(6-2)9-7-8-10-13;1-8-7-10-5-3-4-6-11(10)9(8)2;4*1-3-8(2)9-4-6-10(11)7-5-9;1-3-9(2)10-7-5-4-6-8-10/h12-15H,5-11H2,1-4H3;7-11H,6H2,1-5H3;5-10H2,1-4H3;3-6,8-9H,7H2,1-2H3;4*4-8,11H,3H2,1-2H3;4-9H,3H2,1-2H3. The van der Waals surface area contributed by atoms with Crippen molar-refractivity contribution in [1.82, 2.24) is 0 Å². The first-order valence-corrected chi connectivity index (χ1v) is 44.9. The Morgan fingerprint density at radius 3 is 0.991 bits per heavy atom. The van der Waals surface area contributed by atoms with Crippen LogP contribution >= 0.6 is 0 Å². The summed E-state index contributed by atoms with van der Waals surface area (Å²) in [4.78, 5) is 24.6. The van der Waals surface area contributed by atoms with Gasteiger partial charge in [0.25, 0.3) is 0 Å². The van der Waals surface area contributed by atoms with Crippen molar-refractivity contribution in [3.8, 4) is 28.7 Å². The Hall–Kier alpha value is -7.52. The number of fused-ring (bicyclic) bond motifs is 1. The van der Waals surface area contributed by atoms with E-state index in [0.717, 1.165) is 93.6 Å². The maximum Gasteiger partial charge on any atom is 0.312 e. The van der Waals surface area contributed by atoms with Gasteiger partial charge in [0.2, 0.25) is 0 Å². The summed E-state index contributed by atoms with van der Waals surface area (Å²) in [5, 5.41) is 36.0. The van der Waals surface area contributed by atoms with Crippen molar-refractivity contribution in [3.63, 3.8) is 0 Å². The molecule has 8 unspecified atom stereocenters. The average molecular weight is 1580 g/mol. The molecule has 0 heterocycles. The van der Waals surface area contributed by atoms with E-state index in [1.165, 1.54) is 97.6 Å². The molecule has 7 aromatic carbocycles. The number of ether oxygens (including phenoxy) is 3. The third-order valence-corrected chi connectivity index (χ3v) is 26.4. The van der Waals surface area contributed by atoms with Gasteiger partial charge >= 0.3 is 11.9 Å². The molecule has 4 N–H and O–H groups in total. The number of phenols is 4. The molecule has 7 aromatic rings. The predicted octanol–water partition coefficient (Wildman–Crippen LogP) is 30.4. The fourth-order valence-corrected chi connectivity index (χ4v) is 15.9. The topological polar surface area (TPSA) is 143 Å². The summed E-state index contributed by atoms with van der Waals surface area (Å²) in [5.41, 5.74) is 10.1. The van der Waals surface area contributed by atoms with Gasteiger partial charge in [-0.3, -0.25) is 9.59 Å². The van der Waals surface area contributed by atoms with E-state index in [0.29, 0.717) is 70.3 Å². The second-order valence-corrected chi connectivity index (χ2v) is 36.7. The Morgan fingerprint density at radius 1 is 0.391 bits per heavy atom. The number of phenolic OH excluding ortho intramolecular Hbond substituents is 4. The smallest absolute Gasteiger partial charge is 0.312 e. The lowest BCUT2D eigenvalue weighted by Crippen LogP contribution is -2.60. The monoisotopic (exact) mass is 1580 g/mol. The van der Waals surface area contributed by atoms with Crippen molar-refractivity contribution in [3.05, 3.63) is 220 Å². The molecular formula is C106H160O9. The molecular weight excluding hydrogens is 1420 g/mol. The normalized spacial score (nSPS) is 20.7. The number of esters is 2. The lowest BCUT2D eigenvalue weighted by Gasteiger charge is -2.60. The van der Waals surface area contributed by atoms with E-state index >= 15 is 0 Å². The molecule has 13 rings (SSSR count). The summed E-state index contributed by atoms with van der Waals surface area (Å²) in [5.74, 6) is 10.8. The van der Waals surface area contributed by atoms with Crippen LogP contribution < -0.4 is 4.74 Å². The molecule has 4 bridgehead atoms.